The molecule has 6 nitrogen and oxygen atoms in total. The molecule has 1 aromatic heterocycles. The fourth-order valence-electron chi connectivity index (χ4n) is 2.37. The van der Waals surface area contributed by atoms with E-state index in [0.717, 1.165) is 12.1 Å². The molecular weight excluding hydrogens is 375 g/mol. The average Bonchev–Trinajstić information content (AvgIpc) is 3.08. The van der Waals surface area contributed by atoms with Gasteiger partial charge >= 0.3 is 6.18 Å². The molecule has 28 heavy (non-hydrogen) atoms. The molecule has 9 heteroatoms. The van der Waals surface area contributed by atoms with Gasteiger partial charge in [0.1, 0.15) is 5.75 Å². The number of benzene rings is 2. The van der Waals surface area contributed by atoms with Crippen molar-refractivity contribution < 1.29 is 27.2 Å². The summed E-state index contributed by atoms with van der Waals surface area (Å²) >= 11 is 0. The Morgan fingerprint density at radius 2 is 1.89 bits per heavy atom. The minimum Gasteiger partial charge on any atom is -0.481 e. The summed E-state index contributed by atoms with van der Waals surface area (Å²) in [5.41, 5.74) is -0.0884. The van der Waals surface area contributed by atoms with E-state index in [2.05, 4.69) is 15.5 Å². The van der Waals surface area contributed by atoms with E-state index in [1.165, 1.54) is 19.1 Å². The number of hydrogen-bond donors (Lipinski definition) is 1. The van der Waals surface area contributed by atoms with Gasteiger partial charge in [0.25, 0.3) is 5.91 Å². The topological polar surface area (TPSA) is 77.2 Å². The number of ether oxygens (including phenoxy) is 1. The van der Waals surface area contributed by atoms with Gasteiger partial charge in [0.05, 0.1) is 5.56 Å². The molecule has 0 bridgehead atoms. The number of amides is 1. The predicted octanol–water partition coefficient (Wildman–Crippen LogP) is 4.47. The van der Waals surface area contributed by atoms with E-state index < -0.39 is 23.8 Å². The quantitative estimate of drug-likeness (QED) is 0.694. The summed E-state index contributed by atoms with van der Waals surface area (Å²) in [5, 5.41) is 6.22. The molecule has 1 amide bonds. The highest BCUT2D eigenvalue weighted by atomic mass is 19.4. The summed E-state index contributed by atoms with van der Waals surface area (Å²) in [5.74, 6) is 0.711. The summed E-state index contributed by atoms with van der Waals surface area (Å²) in [7, 11) is 0. The Morgan fingerprint density at radius 3 is 2.50 bits per heavy atom. The number of nitrogens with one attached hydrogen (secondary N) is 1. The number of rotatable bonds is 5. The van der Waals surface area contributed by atoms with Crippen LogP contribution in [-0.4, -0.2) is 22.2 Å². The molecule has 1 heterocycles. The van der Waals surface area contributed by atoms with Gasteiger partial charge < -0.3 is 14.6 Å². The van der Waals surface area contributed by atoms with Gasteiger partial charge in [-0.2, -0.15) is 18.2 Å². The first-order valence-electron chi connectivity index (χ1n) is 8.28. The number of alkyl halides is 3. The zero-order valence-electron chi connectivity index (χ0n) is 14.9. The van der Waals surface area contributed by atoms with Gasteiger partial charge in [-0.05, 0) is 49.4 Å². The van der Waals surface area contributed by atoms with E-state index in [1.54, 1.807) is 31.2 Å². The standard InChI is InChI=1S/C19H16F3N3O3/c1-11(18(26)24-15-5-3-4-14(10-15)19(20,21)22)27-16-8-6-13(7-9-16)17-23-12(2)28-25-17/h3-11H,1-2H3,(H,24,26)/t11-/m1/s1. The average molecular weight is 391 g/mol. The highest BCUT2D eigenvalue weighted by molar-refractivity contribution is 5.94. The molecule has 0 fully saturated rings. The number of anilines is 1. The number of aryl methyl sites for hydroxylation is 1. The van der Waals surface area contributed by atoms with Gasteiger partial charge in [0, 0.05) is 18.2 Å². The number of carbonyl (C=O) groups excluding carboxylic acids is 1. The summed E-state index contributed by atoms with van der Waals surface area (Å²) in [6.45, 7) is 3.18. The second-order valence-corrected chi connectivity index (χ2v) is 5.99. The molecule has 0 unspecified atom stereocenters. The molecule has 0 radical (unpaired) electrons. The van der Waals surface area contributed by atoms with E-state index >= 15 is 0 Å². The Hall–Kier alpha value is -3.36. The maximum Gasteiger partial charge on any atom is 0.416 e. The van der Waals surface area contributed by atoms with Crippen molar-refractivity contribution in [1.82, 2.24) is 10.1 Å². The van der Waals surface area contributed by atoms with Crippen molar-refractivity contribution in [3.8, 4) is 17.1 Å². The van der Waals surface area contributed by atoms with Gasteiger partial charge in [-0.15, -0.1) is 0 Å². The lowest BCUT2D eigenvalue weighted by molar-refractivity contribution is -0.137. The van der Waals surface area contributed by atoms with Crippen LogP contribution >= 0.6 is 0 Å². The third-order valence-electron chi connectivity index (χ3n) is 3.78. The predicted molar refractivity (Wildman–Crippen MR) is 94.6 cm³/mol. The van der Waals surface area contributed by atoms with Crippen molar-refractivity contribution in [3.63, 3.8) is 0 Å². The molecule has 0 spiro atoms. The molecule has 2 aromatic carbocycles. The van der Waals surface area contributed by atoms with E-state index in [4.69, 9.17) is 9.26 Å². The van der Waals surface area contributed by atoms with E-state index in [0.29, 0.717) is 23.0 Å². The van der Waals surface area contributed by atoms with Crippen LogP contribution in [0, 0.1) is 6.92 Å². The molecule has 0 aliphatic heterocycles. The highest BCUT2D eigenvalue weighted by Crippen LogP contribution is 2.30. The molecular formula is C19H16F3N3O3. The summed E-state index contributed by atoms with van der Waals surface area (Å²) < 4.78 is 48.7. The van der Waals surface area contributed by atoms with Crippen LogP contribution in [0.15, 0.2) is 53.1 Å². The molecule has 3 rings (SSSR count). The normalized spacial score (nSPS) is 12.5. The van der Waals surface area contributed by atoms with Crippen LogP contribution in [0.2, 0.25) is 0 Å². The Bertz CT molecular complexity index is 968. The molecule has 1 atom stereocenters. The van der Waals surface area contributed by atoms with Crippen LogP contribution in [0.5, 0.6) is 5.75 Å². The van der Waals surface area contributed by atoms with Crippen LogP contribution in [0.25, 0.3) is 11.4 Å². The lowest BCUT2D eigenvalue weighted by Crippen LogP contribution is -2.30. The maximum atomic E-state index is 12.8. The monoisotopic (exact) mass is 391 g/mol. The fraction of sp³-hybridized carbons (Fsp3) is 0.211. The Morgan fingerprint density at radius 1 is 1.18 bits per heavy atom. The molecule has 0 saturated carbocycles. The van der Waals surface area contributed by atoms with Gasteiger partial charge in [0.15, 0.2) is 6.10 Å². The largest absolute Gasteiger partial charge is 0.481 e. The minimum atomic E-state index is -4.48. The molecule has 3 aromatic rings. The number of nitrogens with zero attached hydrogens (tertiary/aromatic N) is 2. The Kier molecular flexibility index (Phi) is 5.34. The van der Waals surface area contributed by atoms with Crippen LogP contribution < -0.4 is 10.1 Å². The van der Waals surface area contributed by atoms with E-state index in [1.807, 2.05) is 0 Å². The first-order chi connectivity index (χ1) is 13.2. The zero-order chi connectivity index (χ0) is 20.3. The van der Waals surface area contributed by atoms with Crippen molar-refractivity contribution in [2.75, 3.05) is 5.32 Å². The molecule has 0 aliphatic rings. The van der Waals surface area contributed by atoms with Crippen molar-refractivity contribution in [2.24, 2.45) is 0 Å². The number of halogens is 3. The summed E-state index contributed by atoms with van der Waals surface area (Å²) in [6.07, 6.45) is -5.41. The van der Waals surface area contributed by atoms with Crippen LogP contribution in [0.4, 0.5) is 18.9 Å². The van der Waals surface area contributed by atoms with E-state index in [-0.39, 0.29) is 5.69 Å². The second-order valence-electron chi connectivity index (χ2n) is 5.99. The van der Waals surface area contributed by atoms with Gasteiger partial charge in [-0.25, -0.2) is 0 Å². The van der Waals surface area contributed by atoms with Crippen molar-refractivity contribution in [3.05, 3.63) is 60.0 Å². The fourth-order valence-corrected chi connectivity index (χ4v) is 2.37. The number of aromatic nitrogens is 2. The summed E-state index contributed by atoms with van der Waals surface area (Å²) in [4.78, 5) is 16.3. The smallest absolute Gasteiger partial charge is 0.416 e. The molecule has 1 N–H and O–H groups in total. The minimum absolute atomic E-state index is 0.0399. The third-order valence-corrected chi connectivity index (χ3v) is 3.78. The zero-order valence-corrected chi connectivity index (χ0v) is 14.9. The van der Waals surface area contributed by atoms with Crippen LogP contribution in [0.1, 0.15) is 18.4 Å². The number of hydrogen-bond acceptors (Lipinski definition) is 5. The lowest BCUT2D eigenvalue weighted by Gasteiger charge is -2.15. The van der Waals surface area contributed by atoms with E-state index in [9.17, 15) is 18.0 Å². The number of carbonyl (C=O) groups is 1. The Labute approximate surface area is 158 Å². The van der Waals surface area contributed by atoms with Gasteiger partial charge in [-0.3, -0.25) is 4.79 Å². The van der Waals surface area contributed by atoms with Gasteiger partial charge in [0.2, 0.25) is 11.7 Å². The second kappa shape index (κ2) is 7.71. The Balaban J connectivity index is 1.63. The van der Waals surface area contributed by atoms with Crippen LogP contribution in [-0.2, 0) is 11.0 Å². The molecule has 0 saturated heterocycles. The van der Waals surface area contributed by atoms with Crippen molar-refractivity contribution in [1.29, 1.82) is 0 Å². The molecule has 146 valence electrons. The highest BCUT2D eigenvalue weighted by Gasteiger charge is 2.30. The first-order valence-corrected chi connectivity index (χ1v) is 8.28. The third kappa shape index (κ3) is 4.67. The first kappa shape index (κ1) is 19.4. The lowest BCUT2D eigenvalue weighted by atomic mass is 10.2. The van der Waals surface area contributed by atoms with Crippen molar-refractivity contribution in [2.45, 2.75) is 26.1 Å². The van der Waals surface area contributed by atoms with Crippen LogP contribution in [0.3, 0.4) is 0 Å². The maximum absolute atomic E-state index is 12.8. The SMILES string of the molecule is Cc1nc(-c2ccc(O[C@H](C)C(=O)Nc3cccc(C(F)(F)F)c3)cc2)no1. The van der Waals surface area contributed by atoms with Gasteiger partial charge in [-0.1, -0.05) is 11.2 Å². The summed E-state index contributed by atoms with van der Waals surface area (Å²) in [6, 6.07) is 11.1. The van der Waals surface area contributed by atoms with Crippen molar-refractivity contribution >= 4 is 11.6 Å². The molecule has 0 aliphatic carbocycles.